The highest BCUT2D eigenvalue weighted by Crippen LogP contribution is 2.22. The number of carbonyl (C=O) groups excluding carboxylic acids is 1. The molecule has 0 aromatic heterocycles. The molecule has 0 unspecified atom stereocenters. The lowest BCUT2D eigenvalue weighted by atomic mass is 10.3. The molecule has 1 rings (SSSR count). The third kappa shape index (κ3) is 4.26. The van der Waals surface area contributed by atoms with Crippen LogP contribution in [0.3, 0.4) is 0 Å². The molecule has 1 aromatic rings. The summed E-state index contributed by atoms with van der Waals surface area (Å²) in [5, 5.41) is 14.7. The average Bonchev–Trinajstić information content (AvgIpc) is 2.15. The lowest BCUT2D eigenvalue weighted by molar-refractivity contribution is 0.229. The minimum atomic E-state index is -0.417. The van der Waals surface area contributed by atoms with Crippen LogP contribution in [0.5, 0.6) is 0 Å². The van der Waals surface area contributed by atoms with Crippen LogP contribution in [-0.2, 0) is 0 Å². The average molecular weight is 263 g/mol. The summed E-state index contributed by atoms with van der Waals surface area (Å²) in [5.41, 5.74) is 0.500. The molecule has 1 aromatic carbocycles. The summed E-state index contributed by atoms with van der Waals surface area (Å²) in [6, 6.07) is 4.00. The Bertz CT molecular complexity index is 365. The molecule has 0 aliphatic heterocycles. The fourth-order valence-corrected chi connectivity index (χ4v) is 1.59. The van der Waals surface area contributed by atoms with Gasteiger partial charge in [-0.15, -0.1) is 0 Å². The maximum Gasteiger partial charge on any atom is 0.319 e. The molecule has 4 nitrogen and oxygen atoms in total. The van der Waals surface area contributed by atoms with Gasteiger partial charge in [-0.25, -0.2) is 4.79 Å². The third-order valence-corrected chi connectivity index (χ3v) is 2.21. The van der Waals surface area contributed by atoms with Gasteiger partial charge in [0.05, 0.1) is 12.6 Å². The number of hydrogen-bond donors (Lipinski definition) is 3. The first-order chi connectivity index (χ1) is 7.51. The number of benzene rings is 1. The van der Waals surface area contributed by atoms with Crippen molar-refractivity contribution in [2.24, 2.45) is 0 Å². The van der Waals surface area contributed by atoms with Gasteiger partial charge in [0.15, 0.2) is 0 Å². The minimum Gasteiger partial charge on any atom is -0.394 e. The van der Waals surface area contributed by atoms with Crippen LogP contribution in [-0.4, -0.2) is 23.8 Å². The monoisotopic (exact) mass is 262 g/mol. The molecular weight excluding hydrogens is 251 g/mol. The predicted molar refractivity (Wildman–Crippen MR) is 65.2 cm³/mol. The Labute approximate surface area is 104 Å². The fourth-order valence-electron chi connectivity index (χ4n) is 1.06. The Kier molecular flexibility index (Phi) is 4.86. The number of urea groups is 1. The van der Waals surface area contributed by atoms with Gasteiger partial charge in [0, 0.05) is 15.7 Å². The normalized spacial score (nSPS) is 12.0. The van der Waals surface area contributed by atoms with Gasteiger partial charge in [-0.1, -0.05) is 23.2 Å². The first-order valence-electron chi connectivity index (χ1n) is 4.65. The molecule has 0 bridgehead atoms. The van der Waals surface area contributed by atoms with Crippen molar-refractivity contribution in [1.82, 2.24) is 5.32 Å². The van der Waals surface area contributed by atoms with Crippen LogP contribution < -0.4 is 10.6 Å². The highest BCUT2D eigenvalue weighted by molar-refractivity contribution is 6.35. The smallest absolute Gasteiger partial charge is 0.319 e. The molecule has 16 heavy (non-hydrogen) atoms. The molecule has 0 heterocycles. The summed E-state index contributed by atoms with van der Waals surface area (Å²) >= 11 is 11.5. The molecule has 2 amide bonds. The fraction of sp³-hybridized carbons (Fsp3) is 0.300. The van der Waals surface area contributed by atoms with Gasteiger partial charge in [-0.2, -0.15) is 0 Å². The number of hydrogen-bond acceptors (Lipinski definition) is 2. The number of amides is 2. The van der Waals surface area contributed by atoms with E-state index in [1.807, 2.05) is 0 Å². The highest BCUT2D eigenvalue weighted by Gasteiger charge is 2.06. The third-order valence-electron chi connectivity index (χ3n) is 1.77. The van der Waals surface area contributed by atoms with Crippen LogP contribution in [0.1, 0.15) is 6.92 Å². The molecule has 0 saturated carbocycles. The van der Waals surface area contributed by atoms with Crippen molar-refractivity contribution in [2.75, 3.05) is 11.9 Å². The van der Waals surface area contributed by atoms with Gasteiger partial charge in [0.25, 0.3) is 0 Å². The van der Waals surface area contributed by atoms with E-state index in [1.165, 1.54) is 0 Å². The number of halogens is 2. The van der Waals surface area contributed by atoms with E-state index in [9.17, 15) is 4.79 Å². The zero-order valence-electron chi connectivity index (χ0n) is 8.63. The molecule has 0 saturated heterocycles. The van der Waals surface area contributed by atoms with Gasteiger partial charge in [-0.05, 0) is 25.1 Å². The predicted octanol–water partition coefficient (Wildman–Crippen LogP) is 2.50. The van der Waals surface area contributed by atoms with Crippen molar-refractivity contribution in [1.29, 1.82) is 0 Å². The Morgan fingerprint density at radius 2 is 1.94 bits per heavy atom. The van der Waals surface area contributed by atoms with Crippen LogP contribution in [0.4, 0.5) is 10.5 Å². The van der Waals surface area contributed by atoms with Gasteiger partial charge < -0.3 is 15.7 Å². The van der Waals surface area contributed by atoms with Crippen molar-refractivity contribution in [3.05, 3.63) is 28.2 Å². The van der Waals surface area contributed by atoms with Crippen LogP contribution in [0.25, 0.3) is 0 Å². The van der Waals surface area contributed by atoms with Crippen LogP contribution >= 0.6 is 23.2 Å². The van der Waals surface area contributed by atoms with Crippen molar-refractivity contribution in [2.45, 2.75) is 13.0 Å². The van der Waals surface area contributed by atoms with E-state index in [0.717, 1.165) is 0 Å². The van der Waals surface area contributed by atoms with Gasteiger partial charge in [0.2, 0.25) is 0 Å². The van der Waals surface area contributed by atoms with Crippen molar-refractivity contribution >= 4 is 34.9 Å². The number of aliphatic hydroxyl groups excluding tert-OH is 1. The summed E-state index contributed by atoms with van der Waals surface area (Å²) in [6.07, 6.45) is 0. The minimum absolute atomic E-state index is 0.121. The van der Waals surface area contributed by atoms with E-state index < -0.39 is 6.03 Å². The lowest BCUT2D eigenvalue weighted by Crippen LogP contribution is -2.38. The number of anilines is 1. The SMILES string of the molecule is C[C@H](CO)NC(=O)Nc1cc(Cl)cc(Cl)c1. The highest BCUT2D eigenvalue weighted by atomic mass is 35.5. The maximum absolute atomic E-state index is 11.4. The Morgan fingerprint density at radius 3 is 2.44 bits per heavy atom. The summed E-state index contributed by atoms with van der Waals surface area (Å²) in [4.78, 5) is 11.4. The van der Waals surface area contributed by atoms with Crippen molar-refractivity contribution < 1.29 is 9.90 Å². The standard InChI is InChI=1S/C10H12Cl2N2O2/c1-6(5-15)13-10(16)14-9-3-7(11)2-8(12)4-9/h2-4,6,15H,5H2,1H3,(H2,13,14,16)/t6-/m1/s1. The maximum atomic E-state index is 11.4. The molecule has 0 radical (unpaired) electrons. The van der Waals surface area contributed by atoms with Gasteiger partial charge in [0.1, 0.15) is 0 Å². The Balaban J connectivity index is 2.62. The molecule has 0 fully saturated rings. The molecule has 1 atom stereocenters. The molecule has 88 valence electrons. The summed E-state index contributed by atoms with van der Waals surface area (Å²) in [7, 11) is 0. The zero-order valence-corrected chi connectivity index (χ0v) is 10.1. The van der Waals surface area contributed by atoms with E-state index >= 15 is 0 Å². The van der Waals surface area contributed by atoms with Gasteiger partial charge >= 0.3 is 6.03 Å². The van der Waals surface area contributed by atoms with Crippen molar-refractivity contribution in [3.8, 4) is 0 Å². The van der Waals surface area contributed by atoms with E-state index in [1.54, 1.807) is 25.1 Å². The molecular formula is C10H12Cl2N2O2. The second-order valence-electron chi connectivity index (χ2n) is 3.34. The summed E-state index contributed by atoms with van der Waals surface area (Å²) in [5.74, 6) is 0. The second-order valence-corrected chi connectivity index (χ2v) is 4.21. The molecule has 0 aliphatic rings. The first-order valence-corrected chi connectivity index (χ1v) is 5.41. The summed E-state index contributed by atoms with van der Waals surface area (Å²) in [6.45, 7) is 1.56. The first kappa shape index (κ1) is 13.1. The van der Waals surface area contributed by atoms with Crippen molar-refractivity contribution in [3.63, 3.8) is 0 Å². The molecule has 0 spiro atoms. The van der Waals surface area contributed by atoms with Crippen LogP contribution in [0.15, 0.2) is 18.2 Å². The number of aliphatic hydroxyl groups is 1. The molecule has 0 aliphatic carbocycles. The van der Waals surface area contributed by atoms with Crippen LogP contribution in [0, 0.1) is 0 Å². The number of nitrogens with one attached hydrogen (secondary N) is 2. The molecule has 6 heteroatoms. The molecule has 3 N–H and O–H groups in total. The lowest BCUT2D eigenvalue weighted by Gasteiger charge is -2.12. The number of rotatable bonds is 3. The summed E-state index contributed by atoms with van der Waals surface area (Å²) < 4.78 is 0. The zero-order chi connectivity index (χ0) is 12.1. The topological polar surface area (TPSA) is 61.4 Å². The second kappa shape index (κ2) is 5.94. The Hall–Kier alpha value is -0.970. The Morgan fingerprint density at radius 1 is 1.38 bits per heavy atom. The number of carbonyl (C=O) groups is 1. The van der Waals surface area contributed by atoms with Gasteiger partial charge in [-0.3, -0.25) is 0 Å². The quantitative estimate of drug-likeness (QED) is 0.784. The van der Waals surface area contributed by atoms with E-state index in [2.05, 4.69) is 10.6 Å². The van der Waals surface area contributed by atoms with Crippen LogP contribution in [0.2, 0.25) is 10.0 Å². The van der Waals surface area contributed by atoms with E-state index in [-0.39, 0.29) is 12.6 Å². The van der Waals surface area contributed by atoms with E-state index in [4.69, 9.17) is 28.3 Å². The van der Waals surface area contributed by atoms with E-state index in [0.29, 0.717) is 15.7 Å². The largest absolute Gasteiger partial charge is 0.394 e.